The zero-order valence-electron chi connectivity index (χ0n) is 11.6. The van der Waals surface area contributed by atoms with Gasteiger partial charge in [0.25, 0.3) is 0 Å². The summed E-state index contributed by atoms with van der Waals surface area (Å²) < 4.78 is 10.7. The maximum atomic E-state index is 11.1. The molecule has 1 aliphatic carbocycles. The number of rotatable bonds is 7. The molecule has 1 fully saturated rings. The SMILES string of the molecule is COc1cccc(NCCOC2CCCC2)c1[N+](=O)[O-]. The van der Waals surface area contributed by atoms with Gasteiger partial charge in [-0.15, -0.1) is 0 Å². The number of anilines is 1. The molecule has 110 valence electrons. The van der Waals surface area contributed by atoms with Crippen molar-refractivity contribution >= 4 is 11.4 Å². The molecule has 1 aromatic carbocycles. The summed E-state index contributed by atoms with van der Waals surface area (Å²) in [5.74, 6) is 0.261. The zero-order chi connectivity index (χ0) is 14.4. The summed E-state index contributed by atoms with van der Waals surface area (Å²) >= 11 is 0. The second-order valence-corrected chi connectivity index (χ2v) is 4.82. The van der Waals surface area contributed by atoms with Crippen molar-refractivity contribution < 1.29 is 14.4 Å². The van der Waals surface area contributed by atoms with Crippen molar-refractivity contribution in [2.75, 3.05) is 25.6 Å². The van der Waals surface area contributed by atoms with Crippen LogP contribution in [0.25, 0.3) is 0 Å². The minimum absolute atomic E-state index is 0.0316. The van der Waals surface area contributed by atoms with E-state index >= 15 is 0 Å². The Balaban J connectivity index is 1.89. The second kappa shape index (κ2) is 7.09. The summed E-state index contributed by atoms with van der Waals surface area (Å²) in [7, 11) is 1.43. The van der Waals surface area contributed by atoms with Gasteiger partial charge in [0, 0.05) is 6.54 Å². The topological polar surface area (TPSA) is 73.6 Å². The molecule has 1 saturated carbocycles. The number of nitrogens with one attached hydrogen (secondary N) is 1. The van der Waals surface area contributed by atoms with Crippen molar-refractivity contribution in [3.63, 3.8) is 0 Å². The highest BCUT2D eigenvalue weighted by Crippen LogP contribution is 2.34. The number of hydrogen-bond acceptors (Lipinski definition) is 5. The first-order chi connectivity index (χ1) is 9.72. The third-order valence-corrected chi connectivity index (χ3v) is 3.47. The minimum atomic E-state index is -0.432. The third kappa shape index (κ3) is 3.60. The molecule has 0 saturated heterocycles. The Morgan fingerprint density at radius 3 is 2.80 bits per heavy atom. The average Bonchev–Trinajstić information content (AvgIpc) is 2.96. The molecule has 1 N–H and O–H groups in total. The quantitative estimate of drug-likeness (QED) is 0.472. The maximum Gasteiger partial charge on any atom is 0.333 e. The summed E-state index contributed by atoms with van der Waals surface area (Å²) in [6, 6.07) is 4.99. The van der Waals surface area contributed by atoms with Crippen molar-refractivity contribution in [3.05, 3.63) is 28.3 Å². The molecule has 2 rings (SSSR count). The lowest BCUT2D eigenvalue weighted by Gasteiger charge is -2.12. The predicted octanol–water partition coefficient (Wildman–Crippen LogP) is 2.97. The van der Waals surface area contributed by atoms with Gasteiger partial charge in [-0.3, -0.25) is 10.1 Å². The van der Waals surface area contributed by atoms with E-state index in [-0.39, 0.29) is 11.4 Å². The van der Waals surface area contributed by atoms with Crippen LogP contribution < -0.4 is 10.1 Å². The van der Waals surface area contributed by atoms with E-state index in [0.717, 1.165) is 12.8 Å². The van der Waals surface area contributed by atoms with Crippen LogP contribution in [0.2, 0.25) is 0 Å². The van der Waals surface area contributed by atoms with Crippen LogP contribution in [0.1, 0.15) is 25.7 Å². The van der Waals surface area contributed by atoms with Gasteiger partial charge in [0.05, 0.1) is 24.7 Å². The van der Waals surface area contributed by atoms with Crippen LogP contribution in [0.5, 0.6) is 5.75 Å². The second-order valence-electron chi connectivity index (χ2n) is 4.82. The van der Waals surface area contributed by atoms with Crippen LogP contribution in [-0.2, 0) is 4.74 Å². The fourth-order valence-electron chi connectivity index (χ4n) is 2.48. The summed E-state index contributed by atoms with van der Waals surface area (Å²) in [6.07, 6.45) is 5.08. The Labute approximate surface area is 118 Å². The molecule has 1 aliphatic rings. The Morgan fingerprint density at radius 2 is 2.15 bits per heavy atom. The number of hydrogen-bond donors (Lipinski definition) is 1. The Kier molecular flexibility index (Phi) is 5.17. The molecule has 0 atom stereocenters. The summed E-state index contributed by atoms with van der Waals surface area (Å²) in [5.41, 5.74) is 0.431. The molecule has 0 unspecified atom stereocenters. The molecule has 0 bridgehead atoms. The van der Waals surface area contributed by atoms with Crippen molar-refractivity contribution in [1.82, 2.24) is 0 Å². The Bertz CT molecular complexity index is 458. The number of benzene rings is 1. The Morgan fingerprint density at radius 1 is 1.40 bits per heavy atom. The van der Waals surface area contributed by atoms with Gasteiger partial charge < -0.3 is 14.8 Å². The first-order valence-corrected chi connectivity index (χ1v) is 6.89. The van der Waals surface area contributed by atoms with E-state index in [4.69, 9.17) is 9.47 Å². The molecule has 6 heteroatoms. The van der Waals surface area contributed by atoms with Crippen LogP contribution in [0, 0.1) is 10.1 Å². The molecule has 0 radical (unpaired) electrons. The number of para-hydroxylation sites is 1. The van der Waals surface area contributed by atoms with Crippen molar-refractivity contribution in [3.8, 4) is 5.75 Å². The number of nitrogens with zero attached hydrogens (tertiary/aromatic N) is 1. The highest BCUT2D eigenvalue weighted by Gasteiger charge is 2.20. The van der Waals surface area contributed by atoms with E-state index in [1.54, 1.807) is 18.2 Å². The average molecular weight is 280 g/mol. The zero-order valence-corrected chi connectivity index (χ0v) is 11.6. The van der Waals surface area contributed by atoms with Crippen LogP contribution in [0.4, 0.5) is 11.4 Å². The first kappa shape index (κ1) is 14.6. The lowest BCUT2D eigenvalue weighted by molar-refractivity contribution is -0.384. The highest BCUT2D eigenvalue weighted by atomic mass is 16.6. The standard InChI is InChI=1S/C14H20N2O4/c1-19-13-8-4-7-12(14(13)16(17)18)15-9-10-20-11-5-2-3-6-11/h4,7-8,11,15H,2-3,5-6,9-10H2,1H3. The Hall–Kier alpha value is -1.82. The van der Waals surface area contributed by atoms with E-state index in [2.05, 4.69) is 5.32 Å². The fourth-order valence-corrected chi connectivity index (χ4v) is 2.48. The predicted molar refractivity (Wildman–Crippen MR) is 76.3 cm³/mol. The van der Waals surface area contributed by atoms with Gasteiger partial charge in [0.15, 0.2) is 5.75 Å². The van der Waals surface area contributed by atoms with Crippen LogP contribution in [-0.4, -0.2) is 31.3 Å². The minimum Gasteiger partial charge on any atom is -0.490 e. The van der Waals surface area contributed by atoms with Gasteiger partial charge in [-0.25, -0.2) is 0 Å². The molecule has 0 aliphatic heterocycles. The smallest absolute Gasteiger partial charge is 0.333 e. The largest absolute Gasteiger partial charge is 0.490 e. The molecule has 0 spiro atoms. The lowest BCUT2D eigenvalue weighted by Crippen LogP contribution is -2.16. The van der Waals surface area contributed by atoms with Crippen LogP contribution in [0.15, 0.2) is 18.2 Å². The van der Waals surface area contributed by atoms with Gasteiger partial charge in [-0.1, -0.05) is 18.9 Å². The lowest BCUT2D eigenvalue weighted by atomic mass is 10.2. The fraction of sp³-hybridized carbons (Fsp3) is 0.571. The van der Waals surface area contributed by atoms with E-state index < -0.39 is 4.92 Å². The first-order valence-electron chi connectivity index (χ1n) is 6.89. The van der Waals surface area contributed by atoms with Crippen LogP contribution in [0.3, 0.4) is 0 Å². The van der Waals surface area contributed by atoms with Gasteiger partial charge in [0.2, 0.25) is 0 Å². The molecular weight excluding hydrogens is 260 g/mol. The van der Waals surface area contributed by atoms with Crippen molar-refractivity contribution in [2.24, 2.45) is 0 Å². The number of ether oxygens (including phenoxy) is 2. The third-order valence-electron chi connectivity index (χ3n) is 3.47. The molecule has 1 aromatic rings. The molecule has 0 heterocycles. The van der Waals surface area contributed by atoms with Crippen LogP contribution >= 0.6 is 0 Å². The van der Waals surface area contributed by atoms with E-state index in [0.29, 0.717) is 24.9 Å². The molecule has 20 heavy (non-hydrogen) atoms. The number of nitro groups is 1. The summed E-state index contributed by atoms with van der Waals surface area (Å²) in [6.45, 7) is 1.10. The monoisotopic (exact) mass is 280 g/mol. The van der Waals surface area contributed by atoms with E-state index in [1.807, 2.05) is 0 Å². The molecule has 0 amide bonds. The molecule has 0 aromatic heterocycles. The molecular formula is C14H20N2O4. The number of nitro benzene ring substituents is 1. The van der Waals surface area contributed by atoms with E-state index in [9.17, 15) is 10.1 Å². The number of methoxy groups -OCH3 is 1. The van der Waals surface area contributed by atoms with Gasteiger partial charge in [0.1, 0.15) is 5.69 Å². The summed E-state index contributed by atoms with van der Waals surface area (Å²) in [5, 5.41) is 14.1. The normalized spacial score (nSPS) is 15.2. The van der Waals surface area contributed by atoms with Gasteiger partial charge >= 0.3 is 5.69 Å². The van der Waals surface area contributed by atoms with Gasteiger partial charge in [-0.2, -0.15) is 0 Å². The summed E-state index contributed by atoms with van der Waals surface area (Å²) in [4.78, 5) is 10.7. The highest BCUT2D eigenvalue weighted by molar-refractivity contribution is 5.68. The van der Waals surface area contributed by atoms with E-state index in [1.165, 1.54) is 20.0 Å². The molecule has 6 nitrogen and oxygen atoms in total. The maximum absolute atomic E-state index is 11.1. The van der Waals surface area contributed by atoms with Crippen molar-refractivity contribution in [2.45, 2.75) is 31.8 Å². The van der Waals surface area contributed by atoms with Gasteiger partial charge in [-0.05, 0) is 25.0 Å². The van der Waals surface area contributed by atoms with Crippen molar-refractivity contribution in [1.29, 1.82) is 0 Å².